The molecule has 0 saturated heterocycles. The summed E-state index contributed by atoms with van der Waals surface area (Å²) in [6, 6.07) is 19.6. The zero-order valence-corrected chi connectivity index (χ0v) is 13.9. The molecule has 0 amide bonds. The predicted octanol–water partition coefficient (Wildman–Crippen LogP) is 6.03. The van der Waals surface area contributed by atoms with Gasteiger partial charge in [-0.1, -0.05) is 30.3 Å². The molecule has 0 heterocycles. The summed E-state index contributed by atoms with van der Waals surface area (Å²) in [6.07, 6.45) is 0. The van der Waals surface area contributed by atoms with Gasteiger partial charge in [-0.05, 0) is 41.5 Å². The summed E-state index contributed by atoms with van der Waals surface area (Å²) >= 11 is 5.89. The van der Waals surface area contributed by atoms with Gasteiger partial charge in [-0.25, -0.2) is 4.39 Å². The number of ether oxygens (including phenoxy) is 2. The fourth-order valence-corrected chi connectivity index (χ4v) is 2.64. The Morgan fingerprint density at radius 3 is 2.29 bits per heavy atom. The molecule has 24 heavy (non-hydrogen) atoms. The maximum Gasteiger partial charge on any atom is 0.130 e. The molecule has 0 aliphatic heterocycles. The van der Waals surface area contributed by atoms with Crippen LogP contribution in [-0.2, 0) is 5.88 Å². The van der Waals surface area contributed by atoms with Crippen molar-refractivity contribution in [3.63, 3.8) is 0 Å². The van der Waals surface area contributed by atoms with E-state index in [1.165, 1.54) is 12.1 Å². The van der Waals surface area contributed by atoms with E-state index in [4.69, 9.17) is 21.1 Å². The van der Waals surface area contributed by atoms with Crippen molar-refractivity contribution in [1.29, 1.82) is 0 Å². The van der Waals surface area contributed by atoms with Crippen LogP contribution in [0.4, 0.5) is 4.39 Å². The lowest BCUT2D eigenvalue weighted by Crippen LogP contribution is -1.90. The second kappa shape index (κ2) is 7.37. The van der Waals surface area contributed by atoms with Crippen LogP contribution in [0.5, 0.6) is 17.2 Å². The van der Waals surface area contributed by atoms with Gasteiger partial charge in [0.1, 0.15) is 23.1 Å². The second-order valence-corrected chi connectivity index (χ2v) is 5.51. The molecule has 0 fully saturated rings. The quantitative estimate of drug-likeness (QED) is 0.527. The highest BCUT2D eigenvalue weighted by molar-refractivity contribution is 6.17. The summed E-state index contributed by atoms with van der Waals surface area (Å²) in [6.45, 7) is 0. The maximum absolute atomic E-state index is 13.2. The lowest BCUT2D eigenvalue weighted by Gasteiger charge is -2.10. The van der Waals surface area contributed by atoms with Crippen molar-refractivity contribution >= 4 is 11.6 Å². The molecule has 0 aliphatic carbocycles. The highest BCUT2D eigenvalue weighted by atomic mass is 35.5. The molecule has 0 saturated carbocycles. The first-order valence-corrected chi connectivity index (χ1v) is 8.00. The number of methoxy groups -OCH3 is 1. The summed E-state index contributed by atoms with van der Waals surface area (Å²) in [7, 11) is 1.63. The Labute approximate surface area is 145 Å². The number of alkyl halides is 1. The lowest BCUT2D eigenvalue weighted by atomic mass is 10.0. The van der Waals surface area contributed by atoms with Crippen LogP contribution in [-0.4, -0.2) is 7.11 Å². The SMILES string of the molecule is COc1cc(-c2ccc(Oc3cccc(F)c3)cc2)ccc1CCl. The van der Waals surface area contributed by atoms with E-state index in [0.29, 0.717) is 17.4 Å². The van der Waals surface area contributed by atoms with Gasteiger partial charge in [0, 0.05) is 11.6 Å². The molecule has 0 aromatic heterocycles. The van der Waals surface area contributed by atoms with Crippen molar-refractivity contribution in [3.8, 4) is 28.4 Å². The summed E-state index contributed by atoms with van der Waals surface area (Å²) in [5.74, 6) is 1.96. The fraction of sp³-hybridized carbons (Fsp3) is 0.100. The van der Waals surface area contributed by atoms with Gasteiger partial charge >= 0.3 is 0 Å². The molecule has 3 aromatic carbocycles. The van der Waals surface area contributed by atoms with Crippen LogP contribution in [0.25, 0.3) is 11.1 Å². The first kappa shape index (κ1) is 16.3. The molecule has 4 heteroatoms. The largest absolute Gasteiger partial charge is 0.496 e. The van der Waals surface area contributed by atoms with Crippen LogP contribution in [0.3, 0.4) is 0 Å². The lowest BCUT2D eigenvalue weighted by molar-refractivity contribution is 0.411. The molecule has 122 valence electrons. The highest BCUT2D eigenvalue weighted by Crippen LogP contribution is 2.30. The van der Waals surface area contributed by atoms with E-state index < -0.39 is 0 Å². The monoisotopic (exact) mass is 342 g/mol. The van der Waals surface area contributed by atoms with Crippen LogP contribution < -0.4 is 9.47 Å². The van der Waals surface area contributed by atoms with Crippen molar-refractivity contribution in [2.45, 2.75) is 5.88 Å². The van der Waals surface area contributed by atoms with Gasteiger partial charge in [0.2, 0.25) is 0 Å². The van der Waals surface area contributed by atoms with Gasteiger partial charge in [-0.15, -0.1) is 11.6 Å². The Morgan fingerprint density at radius 1 is 0.875 bits per heavy atom. The molecular weight excluding hydrogens is 327 g/mol. The molecule has 2 nitrogen and oxygen atoms in total. The zero-order chi connectivity index (χ0) is 16.9. The maximum atomic E-state index is 13.2. The van der Waals surface area contributed by atoms with Crippen molar-refractivity contribution < 1.29 is 13.9 Å². The number of benzene rings is 3. The Morgan fingerprint density at radius 2 is 1.62 bits per heavy atom. The molecule has 0 unspecified atom stereocenters. The highest BCUT2D eigenvalue weighted by Gasteiger charge is 2.06. The summed E-state index contributed by atoms with van der Waals surface area (Å²) in [5, 5.41) is 0. The van der Waals surface area contributed by atoms with E-state index in [-0.39, 0.29) is 5.82 Å². The van der Waals surface area contributed by atoms with Gasteiger partial charge < -0.3 is 9.47 Å². The smallest absolute Gasteiger partial charge is 0.130 e. The van der Waals surface area contributed by atoms with Crippen molar-refractivity contribution in [1.82, 2.24) is 0 Å². The summed E-state index contributed by atoms with van der Waals surface area (Å²) in [4.78, 5) is 0. The van der Waals surface area contributed by atoms with Gasteiger partial charge in [0.15, 0.2) is 0 Å². The number of halogens is 2. The Hall–Kier alpha value is -2.52. The van der Waals surface area contributed by atoms with Crippen LogP contribution in [0, 0.1) is 5.82 Å². The van der Waals surface area contributed by atoms with E-state index >= 15 is 0 Å². The molecular formula is C20H16ClFO2. The van der Waals surface area contributed by atoms with E-state index in [0.717, 1.165) is 22.4 Å². The van der Waals surface area contributed by atoms with Crippen molar-refractivity contribution in [2.24, 2.45) is 0 Å². The zero-order valence-electron chi connectivity index (χ0n) is 13.1. The molecule has 0 N–H and O–H groups in total. The molecule has 0 atom stereocenters. The van der Waals surface area contributed by atoms with E-state index in [1.54, 1.807) is 19.2 Å². The van der Waals surface area contributed by atoms with E-state index in [9.17, 15) is 4.39 Å². The van der Waals surface area contributed by atoms with Gasteiger partial charge in [-0.2, -0.15) is 0 Å². The molecule has 3 aromatic rings. The van der Waals surface area contributed by atoms with Crippen LogP contribution in [0.1, 0.15) is 5.56 Å². The molecule has 0 radical (unpaired) electrons. The third kappa shape index (κ3) is 3.69. The van der Waals surface area contributed by atoms with Crippen LogP contribution in [0.15, 0.2) is 66.7 Å². The average Bonchev–Trinajstić information content (AvgIpc) is 2.62. The second-order valence-electron chi connectivity index (χ2n) is 5.24. The third-order valence-electron chi connectivity index (χ3n) is 3.65. The Bertz CT molecular complexity index is 831. The first-order valence-electron chi connectivity index (χ1n) is 7.46. The number of rotatable bonds is 5. The van der Waals surface area contributed by atoms with Crippen LogP contribution >= 0.6 is 11.6 Å². The van der Waals surface area contributed by atoms with E-state index in [2.05, 4.69) is 0 Å². The summed E-state index contributed by atoms with van der Waals surface area (Å²) < 4.78 is 24.2. The minimum absolute atomic E-state index is 0.324. The third-order valence-corrected chi connectivity index (χ3v) is 3.94. The molecule has 3 rings (SSSR count). The Kier molecular flexibility index (Phi) is 5.02. The van der Waals surface area contributed by atoms with Crippen molar-refractivity contribution in [2.75, 3.05) is 7.11 Å². The normalized spacial score (nSPS) is 10.5. The fourth-order valence-electron chi connectivity index (χ4n) is 2.42. The van der Waals surface area contributed by atoms with Gasteiger partial charge in [-0.3, -0.25) is 0 Å². The average molecular weight is 343 g/mol. The van der Waals surface area contributed by atoms with E-state index in [1.807, 2.05) is 42.5 Å². The van der Waals surface area contributed by atoms with Crippen LogP contribution in [0.2, 0.25) is 0 Å². The molecule has 0 bridgehead atoms. The minimum Gasteiger partial charge on any atom is -0.496 e. The number of hydrogen-bond acceptors (Lipinski definition) is 2. The number of hydrogen-bond donors (Lipinski definition) is 0. The topological polar surface area (TPSA) is 18.5 Å². The first-order chi connectivity index (χ1) is 11.7. The predicted molar refractivity (Wildman–Crippen MR) is 94.5 cm³/mol. The molecule has 0 spiro atoms. The Balaban J connectivity index is 1.81. The van der Waals surface area contributed by atoms with Gasteiger partial charge in [0.25, 0.3) is 0 Å². The minimum atomic E-state index is -0.324. The van der Waals surface area contributed by atoms with Crippen molar-refractivity contribution in [3.05, 3.63) is 78.1 Å². The molecule has 0 aliphatic rings. The summed E-state index contributed by atoms with van der Waals surface area (Å²) in [5.41, 5.74) is 3.01. The van der Waals surface area contributed by atoms with Gasteiger partial charge in [0.05, 0.1) is 13.0 Å². The standard InChI is InChI=1S/C20H16ClFO2/c1-23-20-11-15(5-6-16(20)13-21)14-7-9-18(10-8-14)24-19-4-2-3-17(22)12-19/h2-12H,13H2,1H3.